The van der Waals surface area contributed by atoms with Gasteiger partial charge >= 0.3 is 12.1 Å². The van der Waals surface area contributed by atoms with Gasteiger partial charge in [0.25, 0.3) is 0 Å². The number of alkyl halides is 3. The number of unbranched alkanes of at least 4 members (excludes halogenated alkanes) is 7. The highest BCUT2D eigenvalue weighted by Crippen LogP contribution is 2.30. The van der Waals surface area contributed by atoms with E-state index in [1.807, 2.05) is 0 Å². The first-order valence-corrected chi connectivity index (χ1v) is 11.4. The van der Waals surface area contributed by atoms with Gasteiger partial charge in [0.05, 0.1) is 16.8 Å². The highest BCUT2D eigenvalue weighted by Gasteiger charge is 2.30. The number of benzene rings is 2. The van der Waals surface area contributed by atoms with Crippen LogP contribution >= 0.6 is 0 Å². The number of rotatable bonds is 13. The highest BCUT2D eigenvalue weighted by atomic mass is 19.4. The maximum absolute atomic E-state index is 13.9. The van der Waals surface area contributed by atoms with Gasteiger partial charge in [0.1, 0.15) is 5.82 Å². The van der Waals surface area contributed by atoms with Crippen LogP contribution in [0.15, 0.2) is 48.7 Å². The Balaban J connectivity index is 2.17. The highest BCUT2D eigenvalue weighted by molar-refractivity contribution is 5.94. The van der Waals surface area contributed by atoms with Crippen molar-refractivity contribution in [2.24, 2.45) is 0 Å². The summed E-state index contributed by atoms with van der Waals surface area (Å²) in [7, 11) is 0. The molecular formula is C26H31F4NO2. The quantitative estimate of drug-likeness (QED) is 0.240. The fourth-order valence-corrected chi connectivity index (χ4v) is 3.61. The number of carboxylic acids is 1. The minimum Gasteiger partial charge on any atom is -0.478 e. The predicted octanol–water partition coefficient (Wildman–Crippen LogP) is 8.16. The summed E-state index contributed by atoms with van der Waals surface area (Å²) in [6.07, 6.45) is 7.21. The van der Waals surface area contributed by atoms with E-state index >= 15 is 0 Å². The molecule has 3 nitrogen and oxygen atoms in total. The minimum atomic E-state index is -4.46. The smallest absolute Gasteiger partial charge is 0.416 e. The third kappa shape index (κ3) is 8.91. The molecule has 0 heterocycles. The standard InChI is InChI=1S/C26H31F4NO2/c1-2-3-4-5-6-7-8-9-16-31(24-19-22(27)13-14-23(24)25(32)33)17-15-20-11-10-12-21(18-20)26(28,29)30/h10-15,17-19H,2-9,16H2,1H3,(H,32,33). The molecule has 180 valence electrons. The molecule has 0 radical (unpaired) electrons. The zero-order valence-electron chi connectivity index (χ0n) is 18.9. The summed E-state index contributed by atoms with van der Waals surface area (Å²) in [5.41, 5.74) is -0.339. The Labute approximate surface area is 192 Å². The molecule has 0 bridgehead atoms. The van der Waals surface area contributed by atoms with Gasteiger partial charge in [0.15, 0.2) is 0 Å². The number of aromatic carboxylic acids is 1. The van der Waals surface area contributed by atoms with E-state index in [9.17, 15) is 27.5 Å². The number of carboxylic acid groups (broad SMARTS) is 1. The molecule has 0 saturated heterocycles. The van der Waals surface area contributed by atoms with Crippen LogP contribution in [0.3, 0.4) is 0 Å². The third-order valence-corrected chi connectivity index (χ3v) is 5.41. The van der Waals surface area contributed by atoms with Gasteiger partial charge in [-0.3, -0.25) is 0 Å². The molecule has 0 aliphatic heterocycles. The van der Waals surface area contributed by atoms with E-state index in [2.05, 4.69) is 6.92 Å². The van der Waals surface area contributed by atoms with Crippen LogP contribution in [0.5, 0.6) is 0 Å². The largest absolute Gasteiger partial charge is 0.478 e. The van der Waals surface area contributed by atoms with Crippen molar-refractivity contribution < 1.29 is 27.5 Å². The molecule has 7 heteroatoms. The second kappa shape index (κ2) is 13.0. The summed E-state index contributed by atoms with van der Waals surface area (Å²) in [5.74, 6) is -1.78. The van der Waals surface area contributed by atoms with E-state index in [1.165, 1.54) is 56.2 Å². The zero-order valence-corrected chi connectivity index (χ0v) is 18.9. The van der Waals surface area contributed by atoms with Gasteiger partial charge in [-0.25, -0.2) is 9.18 Å². The van der Waals surface area contributed by atoms with Crippen molar-refractivity contribution in [2.75, 3.05) is 11.4 Å². The molecule has 2 rings (SSSR count). The number of hydrogen-bond acceptors (Lipinski definition) is 2. The van der Waals surface area contributed by atoms with Gasteiger partial charge < -0.3 is 10.0 Å². The fraction of sp³-hybridized carbons (Fsp3) is 0.423. The van der Waals surface area contributed by atoms with Crippen LogP contribution in [0.1, 0.15) is 79.8 Å². The van der Waals surface area contributed by atoms with E-state index in [-0.39, 0.29) is 11.3 Å². The fourth-order valence-electron chi connectivity index (χ4n) is 3.61. The van der Waals surface area contributed by atoms with Gasteiger partial charge in [-0.1, -0.05) is 64.0 Å². The van der Waals surface area contributed by atoms with E-state index in [0.717, 1.165) is 49.9 Å². The Kier molecular flexibility index (Phi) is 10.4. The molecule has 0 spiro atoms. The lowest BCUT2D eigenvalue weighted by molar-refractivity contribution is -0.137. The Bertz CT molecular complexity index is 925. The molecule has 0 aliphatic carbocycles. The molecule has 0 amide bonds. The van der Waals surface area contributed by atoms with E-state index < -0.39 is 23.5 Å². The van der Waals surface area contributed by atoms with Crippen molar-refractivity contribution >= 4 is 17.7 Å². The SMILES string of the molecule is CCCCCCCCCCN(C=Cc1cccc(C(F)(F)F)c1)c1cc(F)ccc1C(=O)O. The summed E-state index contributed by atoms with van der Waals surface area (Å²) in [6.45, 7) is 2.59. The van der Waals surface area contributed by atoms with Crippen LogP contribution in [0.4, 0.5) is 23.2 Å². The monoisotopic (exact) mass is 465 g/mol. The summed E-state index contributed by atoms with van der Waals surface area (Å²) >= 11 is 0. The first-order chi connectivity index (χ1) is 15.7. The molecular weight excluding hydrogens is 434 g/mol. The summed E-state index contributed by atoms with van der Waals surface area (Å²) in [4.78, 5) is 13.3. The molecule has 0 fully saturated rings. The van der Waals surface area contributed by atoms with Crippen LogP contribution in [-0.4, -0.2) is 17.6 Å². The number of hydrogen-bond donors (Lipinski definition) is 1. The van der Waals surface area contributed by atoms with Gasteiger partial charge in [-0.15, -0.1) is 0 Å². The molecule has 0 atom stereocenters. The summed E-state index contributed by atoms with van der Waals surface area (Å²) in [5, 5.41) is 9.53. The van der Waals surface area contributed by atoms with Crippen LogP contribution < -0.4 is 4.90 Å². The first kappa shape index (κ1) is 26.4. The van der Waals surface area contributed by atoms with Crippen LogP contribution in [-0.2, 0) is 6.18 Å². The molecule has 1 N–H and O–H groups in total. The Hall–Kier alpha value is -2.83. The lowest BCUT2D eigenvalue weighted by Crippen LogP contribution is -2.20. The minimum absolute atomic E-state index is 0.0651. The average Bonchev–Trinajstić information content (AvgIpc) is 2.77. The number of anilines is 1. The molecule has 2 aromatic rings. The molecule has 0 unspecified atom stereocenters. The first-order valence-electron chi connectivity index (χ1n) is 11.4. The van der Waals surface area contributed by atoms with Crippen molar-refractivity contribution in [3.05, 3.63) is 71.2 Å². The number of carbonyl (C=O) groups is 1. The Morgan fingerprint density at radius 3 is 2.27 bits per heavy atom. The van der Waals surface area contributed by atoms with Crippen molar-refractivity contribution in [2.45, 2.75) is 64.5 Å². The van der Waals surface area contributed by atoms with Gasteiger partial charge in [-0.2, -0.15) is 13.2 Å². The third-order valence-electron chi connectivity index (χ3n) is 5.41. The lowest BCUT2D eigenvalue weighted by atomic mass is 10.1. The molecule has 0 saturated carbocycles. The van der Waals surface area contributed by atoms with Crippen LogP contribution in [0.2, 0.25) is 0 Å². The second-order valence-electron chi connectivity index (χ2n) is 8.07. The van der Waals surface area contributed by atoms with Crippen molar-refractivity contribution in [1.82, 2.24) is 0 Å². The predicted molar refractivity (Wildman–Crippen MR) is 124 cm³/mol. The van der Waals surface area contributed by atoms with Crippen molar-refractivity contribution in [3.8, 4) is 0 Å². The number of nitrogens with zero attached hydrogens (tertiary/aromatic N) is 1. The zero-order chi connectivity index (χ0) is 24.3. The molecule has 0 aromatic heterocycles. The molecule has 33 heavy (non-hydrogen) atoms. The van der Waals surface area contributed by atoms with Gasteiger partial charge in [0.2, 0.25) is 0 Å². The Morgan fingerprint density at radius 2 is 1.64 bits per heavy atom. The molecule has 0 aliphatic rings. The summed E-state index contributed by atoms with van der Waals surface area (Å²) < 4.78 is 53.0. The summed E-state index contributed by atoms with van der Waals surface area (Å²) in [6, 6.07) is 8.29. The average molecular weight is 466 g/mol. The lowest BCUT2D eigenvalue weighted by Gasteiger charge is -2.23. The molecule has 2 aromatic carbocycles. The normalized spacial score (nSPS) is 11.8. The van der Waals surface area contributed by atoms with Crippen molar-refractivity contribution in [3.63, 3.8) is 0 Å². The van der Waals surface area contributed by atoms with E-state index in [4.69, 9.17) is 0 Å². The van der Waals surface area contributed by atoms with Crippen LogP contribution in [0, 0.1) is 5.82 Å². The van der Waals surface area contributed by atoms with E-state index in [0.29, 0.717) is 12.1 Å². The maximum Gasteiger partial charge on any atom is 0.416 e. The Morgan fingerprint density at radius 1 is 0.970 bits per heavy atom. The maximum atomic E-state index is 13.9. The second-order valence-corrected chi connectivity index (χ2v) is 8.07. The van der Waals surface area contributed by atoms with Gasteiger partial charge in [-0.05, 0) is 48.4 Å². The van der Waals surface area contributed by atoms with Gasteiger partial charge in [0, 0.05) is 12.7 Å². The topological polar surface area (TPSA) is 40.5 Å². The van der Waals surface area contributed by atoms with E-state index in [1.54, 1.807) is 4.90 Å². The van der Waals surface area contributed by atoms with Crippen LogP contribution in [0.25, 0.3) is 6.08 Å². The van der Waals surface area contributed by atoms with Crippen molar-refractivity contribution in [1.29, 1.82) is 0 Å². The number of halogens is 4.